The number of aromatic nitrogens is 1. The zero-order valence-corrected chi connectivity index (χ0v) is 18.1. The van der Waals surface area contributed by atoms with Gasteiger partial charge >= 0.3 is 0 Å². The lowest BCUT2D eigenvalue weighted by molar-refractivity contribution is -0.114. The van der Waals surface area contributed by atoms with Gasteiger partial charge in [0.05, 0.1) is 28.7 Å². The third-order valence-electron chi connectivity index (χ3n) is 4.69. The van der Waals surface area contributed by atoms with Crippen molar-refractivity contribution in [1.29, 1.82) is 10.7 Å². The maximum absolute atomic E-state index is 12.8. The largest absolute Gasteiger partial charge is 0.493 e. The van der Waals surface area contributed by atoms with Crippen LogP contribution in [0.4, 0.5) is 0 Å². The Balaban J connectivity index is 1.54. The summed E-state index contributed by atoms with van der Waals surface area (Å²) in [6.45, 7) is 0.238. The van der Waals surface area contributed by atoms with Gasteiger partial charge in [-0.15, -0.1) is 11.3 Å². The average molecular weight is 448 g/mol. The molecule has 154 valence electrons. The lowest BCUT2D eigenvalue weighted by atomic mass is 10.0. The van der Waals surface area contributed by atoms with Crippen LogP contribution in [0.25, 0.3) is 6.08 Å². The van der Waals surface area contributed by atoms with Crippen molar-refractivity contribution in [3.8, 4) is 17.6 Å². The Kier molecular flexibility index (Phi) is 6.16. The molecule has 2 heterocycles. The zero-order chi connectivity index (χ0) is 21.8. The predicted molar refractivity (Wildman–Crippen MR) is 122 cm³/mol. The molecule has 31 heavy (non-hydrogen) atoms. The molecule has 0 saturated carbocycles. The Bertz CT molecular complexity index is 1210. The zero-order valence-electron chi connectivity index (χ0n) is 16.5. The minimum atomic E-state index is -0.610. The third kappa shape index (κ3) is 4.38. The minimum Gasteiger partial charge on any atom is -0.493 e. The number of ketones is 1. The summed E-state index contributed by atoms with van der Waals surface area (Å²) in [7, 11) is 1.55. The second-order valence-electron chi connectivity index (χ2n) is 6.61. The number of Topliss-reactive ketones (excluding diaryl/α,β-unsaturated/α-hetero) is 1. The van der Waals surface area contributed by atoms with Gasteiger partial charge in [0.2, 0.25) is 0 Å². The maximum atomic E-state index is 12.8. The molecular weight excluding hydrogens is 430 g/mol. The third-order valence-corrected chi connectivity index (χ3v) is 6.53. The summed E-state index contributed by atoms with van der Waals surface area (Å²) in [5.74, 6) is 0.334. The van der Waals surface area contributed by atoms with Crippen molar-refractivity contribution in [2.75, 3.05) is 7.11 Å². The summed E-state index contributed by atoms with van der Waals surface area (Å²) in [5.41, 5.74) is 2.12. The molecule has 0 bridgehead atoms. The molecule has 3 aromatic rings. The van der Waals surface area contributed by atoms with Gasteiger partial charge in [-0.1, -0.05) is 36.0 Å². The van der Waals surface area contributed by atoms with Crippen LogP contribution in [-0.2, 0) is 11.4 Å². The fourth-order valence-electron chi connectivity index (χ4n) is 3.15. The van der Waals surface area contributed by atoms with E-state index in [1.807, 2.05) is 24.3 Å². The molecule has 0 amide bonds. The molecule has 8 heteroatoms. The predicted octanol–water partition coefficient (Wildman–Crippen LogP) is 5.02. The topological polar surface area (TPSA) is 96.1 Å². The number of nitriles is 1. The number of nitrogens with zero attached hydrogens (tertiary/aromatic N) is 2. The number of benzene rings is 2. The highest BCUT2D eigenvalue weighted by Gasteiger charge is 2.38. The Morgan fingerprint density at radius 3 is 2.84 bits per heavy atom. The van der Waals surface area contributed by atoms with Crippen LogP contribution in [-0.4, -0.2) is 22.9 Å². The molecule has 1 aliphatic rings. The van der Waals surface area contributed by atoms with Crippen LogP contribution in [0.2, 0.25) is 0 Å². The van der Waals surface area contributed by atoms with Gasteiger partial charge in [0.15, 0.2) is 17.3 Å². The van der Waals surface area contributed by atoms with Gasteiger partial charge in [0.25, 0.3) is 0 Å². The van der Waals surface area contributed by atoms with E-state index in [0.717, 1.165) is 22.9 Å². The van der Waals surface area contributed by atoms with Crippen LogP contribution >= 0.6 is 23.1 Å². The number of thioether (sulfide) groups is 1. The molecule has 0 aliphatic carbocycles. The van der Waals surface area contributed by atoms with Crippen LogP contribution in [0.5, 0.6) is 11.5 Å². The number of carbonyl (C=O) groups is 1. The van der Waals surface area contributed by atoms with E-state index in [2.05, 4.69) is 11.1 Å². The molecular formula is C23H17N3O3S2. The van der Waals surface area contributed by atoms with Crippen LogP contribution in [0.15, 0.2) is 58.9 Å². The van der Waals surface area contributed by atoms with Gasteiger partial charge in [-0.05, 0) is 29.8 Å². The number of hydrogen-bond donors (Lipinski definition) is 1. The first-order chi connectivity index (χ1) is 15.1. The van der Waals surface area contributed by atoms with E-state index in [9.17, 15) is 10.1 Å². The summed E-state index contributed by atoms with van der Waals surface area (Å²) in [4.78, 5) is 17.5. The standard InChI is InChI=1S/C23H17N3O3S2/c1-28-18-10-14(6-7-17(18)29-13-16-5-3-2-4-15(16)12-24)11-19-21(27)20(22(25)31-19)23-26-8-9-30-23/h2-11,20,25H,13H2,1H3/b19-11-,25-22?/t20-/m1/s1. The molecule has 0 radical (unpaired) electrons. The lowest BCUT2D eigenvalue weighted by Crippen LogP contribution is -2.11. The summed E-state index contributed by atoms with van der Waals surface area (Å²) in [6, 6.07) is 14.8. The Labute approximate surface area is 187 Å². The molecule has 1 atom stereocenters. The molecule has 1 saturated heterocycles. The number of nitrogens with one attached hydrogen (secondary N) is 1. The van der Waals surface area contributed by atoms with Crippen LogP contribution in [0, 0.1) is 16.7 Å². The van der Waals surface area contributed by atoms with Crippen molar-refractivity contribution in [3.05, 3.63) is 80.6 Å². The second kappa shape index (κ2) is 9.16. The van der Waals surface area contributed by atoms with Crippen molar-refractivity contribution in [2.24, 2.45) is 0 Å². The molecule has 1 aromatic heterocycles. The Morgan fingerprint density at radius 2 is 2.10 bits per heavy atom. The van der Waals surface area contributed by atoms with Crippen molar-refractivity contribution in [2.45, 2.75) is 12.5 Å². The van der Waals surface area contributed by atoms with Crippen LogP contribution in [0.1, 0.15) is 27.6 Å². The van der Waals surface area contributed by atoms with Gasteiger partial charge in [-0.25, -0.2) is 4.98 Å². The van der Waals surface area contributed by atoms with Gasteiger partial charge < -0.3 is 9.47 Å². The van der Waals surface area contributed by atoms with Gasteiger partial charge in [-0.2, -0.15) is 5.26 Å². The molecule has 0 spiro atoms. The maximum Gasteiger partial charge on any atom is 0.186 e. The average Bonchev–Trinajstić information content (AvgIpc) is 3.40. The molecule has 0 unspecified atom stereocenters. The monoisotopic (exact) mass is 447 g/mol. The van der Waals surface area contributed by atoms with E-state index in [0.29, 0.717) is 27.0 Å². The van der Waals surface area contributed by atoms with Crippen LogP contribution in [0.3, 0.4) is 0 Å². The summed E-state index contributed by atoms with van der Waals surface area (Å²) in [6.07, 6.45) is 3.40. The van der Waals surface area contributed by atoms with Crippen molar-refractivity contribution in [1.82, 2.24) is 4.98 Å². The summed E-state index contributed by atoms with van der Waals surface area (Å²) < 4.78 is 11.3. The SMILES string of the molecule is COc1cc(/C=C2\SC(=N)[C@H](c3nccs3)C2=O)ccc1OCc1ccccc1C#N. The first kappa shape index (κ1) is 20.8. The number of hydrogen-bond acceptors (Lipinski definition) is 8. The highest BCUT2D eigenvalue weighted by atomic mass is 32.2. The van der Waals surface area contributed by atoms with E-state index >= 15 is 0 Å². The summed E-state index contributed by atoms with van der Waals surface area (Å²) in [5, 5.41) is 20.2. The summed E-state index contributed by atoms with van der Waals surface area (Å²) >= 11 is 2.54. The number of carbonyl (C=O) groups excluding carboxylic acids is 1. The van der Waals surface area contributed by atoms with Gasteiger partial charge in [-0.3, -0.25) is 10.2 Å². The highest BCUT2D eigenvalue weighted by Crippen LogP contribution is 2.41. The van der Waals surface area contributed by atoms with Gasteiger partial charge in [0, 0.05) is 17.1 Å². The molecule has 6 nitrogen and oxygen atoms in total. The molecule has 1 fully saturated rings. The van der Waals surface area contributed by atoms with Crippen molar-refractivity contribution in [3.63, 3.8) is 0 Å². The number of methoxy groups -OCH3 is 1. The lowest BCUT2D eigenvalue weighted by Gasteiger charge is -2.12. The molecule has 1 aliphatic heterocycles. The quantitative estimate of drug-likeness (QED) is 0.533. The molecule has 2 aromatic carbocycles. The molecule has 4 rings (SSSR count). The smallest absolute Gasteiger partial charge is 0.186 e. The van der Waals surface area contributed by atoms with E-state index in [4.69, 9.17) is 14.9 Å². The second-order valence-corrected chi connectivity index (χ2v) is 8.62. The first-order valence-electron chi connectivity index (χ1n) is 9.31. The number of thiazole rings is 1. The number of allylic oxidation sites excluding steroid dienone is 1. The number of ether oxygens (including phenoxy) is 2. The Morgan fingerprint density at radius 1 is 1.26 bits per heavy atom. The first-order valence-corrected chi connectivity index (χ1v) is 11.0. The van der Waals surface area contributed by atoms with Crippen molar-refractivity contribution >= 4 is 40.0 Å². The van der Waals surface area contributed by atoms with E-state index in [1.165, 1.54) is 11.3 Å². The fourth-order valence-corrected chi connectivity index (χ4v) is 4.95. The molecule has 1 N–H and O–H groups in total. The van der Waals surface area contributed by atoms with E-state index < -0.39 is 5.92 Å². The van der Waals surface area contributed by atoms with E-state index in [1.54, 1.807) is 43.0 Å². The Hall–Kier alpha value is -3.41. The minimum absolute atomic E-state index is 0.114. The highest BCUT2D eigenvalue weighted by molar-refractivity contribution is 8.19. The van der Waals surface area contributed by atoms with E-state index in [-0.39, 0.29) is 17.4 Å². The fraction of sp³-hybridized carbons (Fsp3) is 0.130. The normalized spacial score (nSPS) is 17.0. The number of rotatable bonds is 6. The van der Waals surface area contributed by atoms with Crippen molar-refractivity contribution < 1.29 is 14.3 Å². The van der Waals surface area contributed by atoms with Crippen LogP contribution < -0.4 is 9.47 Å². The van der Waals surface area contributed by atoms with Gasteiger partial charge in [0.1, 0.15) is 17.5 Å².